The summed E-state index contributed by atoms with van der Waals surface area (Å²) in [6, 6.07) is 11.0. The van der Waals surface area contributed by atoms with Crippen LogP contribution < -0.4 is 10.1 Å². The molecule has 1 heterocycles. The minimum absolute atomic E-state index is 0.111. The van der Waals surface area contributed by atoms with Gasteiger partial charge in [-0.3, -0.25) is 9.78 Å². The van der Waals surface area contributed by atoms with Gasteiger partial charge in [0.1, 0.15) is 5.75 Å². The summed E-state index contributed by atoms with van der Waals surface area (Å²) in [5, 5.41) is 4.04. The molecule has 4 rings (SSSR count). The number of aromatic nitrogens is 1. The molecule has 0 radical (unpaired) electrons. The summed E-state index contributed by atoms with van der Waals surface area (Å²) in [4.78, 5) is 30.9. The number of halogens is 1. The molecule has 7 heteroatoms. The first-order chi connectivity index (χ1) is 16.6. The third-order valence-corrected chi connectivity index (χ3v) is 7.18. The zero-order chi connectivity index (χ0) is 25.3. The van der Waals surface area contributed by atoms with Gasteiger partial charge in [-0.15, -0.1) is 0 Å². The molecule has 0 saturated carbocycles. The Morgan fingerprint density at radius 2 is 1.94 bits per heavy atom. The van der Waals surface area contributed by atoms with Gasteiger partial charge in [0.05, 0.1) is 23.9 Å². The van der Waals surface area contributed by atoms with E-state index in [1.165, 1.54) is 7.11 Å². The van der Waals surface area contributed by atoms with Crippen LogP contribution in [-0.4, -0.2) is 30.6 Å². The maximum atomic E-state index is 13.4. The Labute approximate surface area is 211 Å². The lowest BCUT2D eigenvalue weighted by Gasteiger charge is -2.35. The Bertz CT molecular complexity index is 1300. The monoisotopic (exact) mass is 494 g/mol. The van der Waals surface area contributed by atoms with Crippen molar-refractivity contribution in [3.63, 3.8) is 0 Å². The van der Waals surface area contributed by atoms with Crippen molar-refractivity contribution in [3.05, 3.63) is 63.8 Å². The number of hydrogen-bond donors (Lipinski definition) is 1. The number of ether oxygens (including phenoxy) is 2. The molecule has 0 fully saturated rings. The van der Waals surface area contributed by atoms with Gasteiger partial charge in [0.2, 0.25) is 0 Å². The van der Waals surface area contributed by atoms with Crippen molar-refractivity contribution in [1.29, 1.82) is 0 Å². The zero-order valence-electron chi connectivity index (χ0n) is 20.8. The fourth-order valence-electron chi connectivity index (χ4n) is 4.68. The van der Waals surface area contributed by atoms with Gasteiger partial charge in [-0.1, -0.05) is 50.6 Å². The molecule has 0 bridgehead atoms. The van der Waals surface area contributed by atoms with E-state index in [4.69, 9.17) is 26.1 Å². The molecule has 3 aromatic rings. The van der Waals surface area contributed by atoms with E-state index in [0.29, 0.717) is 27.9 Å². The number of rotatable bonds is 5. The Morgan fingerprint density at radius 1 is 1.20 bits per heavy atom. The first kappa shape index (κ1) is 25.0. The normalized spacial score (nSPS) is 15.4. The van der Waals surface area contributed by atoms with Crippen molar-refractivity contribution in [1.82, 2.24) is 4.98 Å². The molecule has 2 aromatic carbocycles. The van der Waals surface area contributed by atoms with Crippen LogP contribution in [0.15, 0.2) is 36.4 Å². The van der Waals surface area contributed by atoms with Crippen molar-refractivity contribution in [2.24, 2.45) is 11.3 Å². The lowest BCUT2D eigenvalue weighted by atomic mass is 9.70. The van der Waals surface area contributed by atoms with Gasteiger partial charge in [0, 0.05) is 22.2 Å². The van der Waals surface area contributed by atoms with Gasteiger partial charge in [0.25, 0.3) is 5.91 Å². The van der Waals surface area contributed by atoms with E-state index >= 15 is 0 Å². The van der Waals surface area contributed by atoms with Crippen LogP contribution in [0, 0.1) is 18.3 Å². The summed E-state index contributed by atoms with van der Waals surface area (Å²) in [5.41, 5.74) is 4.54. The highest BCUT2D eigenvalue weighted by Gasteiger charge is 2.33. The third kappa shape index (κ3) is 5.27. The summed E-state index contributed by atoms with van der Waals surface area (Å²) in [6.45, 7) is 8.10. The molecule has 0 saturated heterocycles. The van der Waals surface area contributed by atoms with E-state index in [1.807, 2.05) is 31.2 Å². The number of esters is 1. The number of carbonyl (C=O) groups excluding carboxylic acids is 2. The number of anilines is 1. The van der Waals surface area contributed by atoms with E-state index in [0.717, 1.165) is 47.0 Å². The lowest BCUT2D eigenvalue weighted by molar-refractivity contribution is -0.119. The number of aryl methyl sites for hydroxylation is 2. The molecule has 1 amide bonds. The fourth-order valence-corrected chi connectivity index (χ4v) is 4.83. The molecule has 184 valence electrons. The molecule has 35 heavy (non-hydrogen) atoms. The summed E-state index contributed by atoms with van der Waals surface area (Å²) >= 11 is 6.15. The topological polar surface area (TPSA) is 77.5 Å². The highest BCUT2D eigenvalue weighted by atomic mass is 35.5. The van der Waals surface area contributed by atoms with Gasteiger partial charge in [-0.05, 0) is 60.8 Å². The number of amides is 1. The van der Waals surface area contributed by atoms with Crippen LogP contribution in [0.2, 0.25) is 5.02 Å². The Hall–Kier alpha value is -3.12. The Kier molecular flexibility index (Phi) is 7.04. The van der Waals surface area contributed by atoms with E-state index in [1.54, 1.807) is 12.1 Å². The molecule has 1 atom stereocenters. The lowest BCUT2D eigenvalue weighted by Crippen LogP contribution is -2.29. The molecule has 6 nitrogen and oxygen atoms in total. The van der Waals surface area contributed by atoms with Crippen molar-refractivity contribution >= 4 is 40.1 Å². The maximum absolute atomic E-state index is 13.4. The maximum Gasteiger partial charge on any atom is 0.339 e. The highest BCUT2D eigenvalue weighted by Crippen LogP contribution is 2.39. The largest absolute Gasteiger partial charge is 0.495 e. The third-order valence-electron chi connectivity index (χ3n) is 6.78. The number of fused-ring (bicyclic) bond motifs is 2. The van der Waals surface area contributed by atoms with Crippen LogP contribution >= 0.6 is 11.6 Å². The van der Waals surface area contributed by atoms with E-state index in [2.05, 4.69) is 26.1 Å². The van der Waals surface area contributed by atoms with Gasteiger partial charge in [0.15, 0.2) is 6.61 Å². The number of pyridine rings is 1. The van der Waals surface area contributed by atoms with Crippen molar-refractivity contribution in [2.45, 2.75) is 47.0 Å². The quantitative estimate of drug-likeness (QED) is 0.430. The first-order valence-electron chi connectivity index (χ1n) is 11.8. The Balaban J connectivity index is 1.59. The van der Waals surface area contributed by atoms with Crippen LogP contribution in [0.1, 0.15) is 54.4 Å². The number of hydrogen-bond acceptors (Lipinski definition) is 5. The van der Waals surface area contributed by atoms with Gasteiger partial charge in [-0.25, -0.2) is 4.79 Å². The summed E-state index contributed by atoms with van der Waals surface area (Å²) < 4.78 is 10.8. The van der Waals surface area contributed by atoms with Crippen LogP contribution in [0.5, 0.6) is 5.75 Å². The smallest absolute Gasteiger partial charge is 0.339 e. The first-order valence-corrected chi connectivity index (χ1v) is 12.2. The SMILES string of the molecule is COc1cc(Cl)c(C)cc1NC(=O)COC(=O)c1c2c(nc3ccccc13)CCC(C(C)(C)C)C2. The number of para-hydroxylation sites is 1. The van der Waals surface area contributed by atoms with E-state index in [9.17, 15) is 9.59 Å². The van der Waals surface area contributed by atoms with Crippen LogP contribution in [-0.2, 0) is 22.4 Å². The number of nitrogens with one attached hydrogen (secondary N) is 1. The number of benzene rings is 2. The zero-order valence-corrected chi connectivity index (χ0v) is 21.6. The standard InChI is InChI=1S/C28H31ClN2O4/c1-16-12-23(24(34-5)14-20(16)29)31-25(32)15-35-27(33)26-18-8-6-7-9-21(18)30-22-11-10-17(13-19(22)26)28(2,3)4/h6-9,12,14,17H,10-11,13,15H2,1-5H3,(H,31,32). The molecule has 1 N–H and O–H groups in total. The molecule has 1 aromatic heterocycles. The molecular weight excluding hydrogens is 464 g/mol. The minimum atomic E-state index is -0.510. The fraction of sp³-hybridized carbons (Fsp3) is 0.393. The number of carbonyl (C=O) groups is 2. The van der Waals surface area contributed by atoms with Gasteiger partial charge < -0.3 is 14.8 Å². The average Bonchev–Trinajstić information content (AvgIpc) is 2.82. The number of methoxy groups -OCH3 is 1. The van der Waals surface area contributed by atoms with Crippen LogP contribution in [0.25, 0.3) is 10.9 Å². The summed E-state index contributed by atoms with van der Waals surface area (Å²) in [5.74, 6) is -0.113. The Morgan fingerprint density at radius 3 is 2.66 bits per heavy atom. The predicted octanol–water partition coefficient (Wildman–Crippen LogP) is 6.15. The second-order valence-electron chi connectivity index (χ2n) is 10.2. The second kappa shape index (κ2) is 9.86. The predicted molar refractivity (Wildman–Crippen MR) is 138 cm³/mol. The molecule has 0 spiro atoms. The van der Waals surface area contributed by atoms with Crippen LogP contribution in [0.4, 0.5) is 5.69 Å². The van der Waals surface area contributed by atoms with Crippen molar-refractivity contribution < 1.29 is 19.1 Å². The van der Waals surface area contributed by atoms with Gasteiger partial charge >= 0.3 is 5.97 Å². The van der Waals surface area contributed by atoms with Gasteiger partial charge in [-0.2, -0.15) is 0 Å². The number of nitrogens with zero attached hydrogens (tertiary/aromatic N) is 1. The average molecular weight is 495 g/mol. The summed E-state index contributed by atoms with van der Waals surface area (Å²) in [6.07, 6.45) is 2.61. The van der Waals surface area contributed by atoms with Crippen LogP contribution in [0.3, 0.4) is 0 Å². The van der Waals surface area contributed by atoms with Crippen molar-refractivity contribution in [3.8, 4) is 5.75 Å². The highest BCUT2D eigenvalue weighted by molar-refractivity contribution is 6.31. The molecular formula is C28H31ClN2O4. The minimum Gasteiger partial charge on any atom is -0.495 e. The van der Waals surface area contributed by atoms with E-state index in [-0.39, 0.29) is 5.41 Å². The molecule has 1 aliphatic rings. The van der Waals surface area contributed by atoms with E-state index < -0.39 is 18.5 Å². The molecule has 1 aliphatic carbocycles. The molecule has 1 unspecified atom stereocenters. The molecule has 0 aliphatic heterocycles. The summed E-state index contributed by atoms with van der Waals surface area (Å²) in [7, 11) is 1.50. The second-order valence-corrected chi connectivity index (χ2v) is 10.6. The van der Waals surface area contributed by atoms with Crippen molar-refractivity contribution in [2.75, 3.05) is 19.0 Å².